The molecule has 0 bridgehead atoms. The van der Waals surface area contributed by atoms with E-state index in [9.17, 15) is 18.0 Å². The van der Waals surface area contributed by atoms with Crippen molar-refractivity contribution in [3.63, 3.8) is 0 Å². The topological polar surface area (TPSA) is 47.6 Å². The van der Waals surface area contributed by atoms with Crippen LogP contribution in [0.2, 0.25) is 0 Å². The first-order valence-electron chi connectivity index (χ1n) is 5.60. The summed E-state index contributed by atoms with van der Waals surface area (Å²) < 4.78 is 40.7. The van der Waals surface area contributed by atoms with E-state index in [1.807, 2.05) is 0 Å². The lowest BCUT2D eigenvalue weighted by molar-refractivity contribution is -0.274. The fraction of sp³-hybridized carbons (Fsp3) is 0.417. The highest BCUT2D eigenvalue weighted by atomic mass is 19.4. The smallest absolute Gasteiger partial charge is 0.405 e. The Bertz CT molecular complexity index is 476. The van der Waals surface area contributed by atoms with Crippen molar-refractivity contribution in [2.24, 2.45) is 5.92 Å². The van der Waals surface area contributed by atoms with E-state index in [1.165, 1.54) is 25.3 Å². The van der Waals surface area contributed by atoms with Crippen LogP contribution >= 0.6 is 0 Å². The van der Waals surface area contributed by atoms with Gasteiger partial charge in [-0.3, -0.25) is 9.63 Å². The van der Waals surface area contributed by atoms with Gasteiger partial charge in [0.25, 0.3) is 0 Å². The Labute approximate surface area is 107 Å². The third kappa shape index (κ3) is 3.37. The molecule has 0 aromatic heterocycles. The standard InChI is InChI=1S/C12H12F3NO3/c1-18-16-11(17)9-6-8(9)7-4-2-3-5-10(7)19-12(13,14)15/h2-5,8-9H,6H2,1H3,(H,16,17)/t8-,9+/m1/s1. The van der Waals surface area contributed by atoms with Crippen LogP contribution in [0.4, 0.5) is 13.2 Å². The highest BCUT2D eigenvalue weighted by molar-refractivity contribution is 5.82. The highest BCUT2D eigenvalue weighted by Gasteiger charge is 2.46. The Hall–Kier alpha value is -1.76. The second-order valence-electron chi connectivity index (χ2n) is 4.20. The number of rotatable bonds is 4. The number of hydroxylamine groups is 1. The summed E-state index contributed by atoms with van der Waals surface area (Å²) in [5.41, 5.74) is 2.56. The number of benzene rings is 1. The van der Waals surface area contributed by atoms with Crippen LogP contribution in [-0.2, 0) is 9.63 Å². The van der Waals surface area contributed by atoms with Crippen molar-refractivity contribution in [2.45, 2.75) is 18.7 Å². The van der Waals surface area contributed by atoms with E-state index in [-0.39, 0.29) is 23.5 Å². The summed E-state index contributed by atoms with van der Waals surface area (Å²) in [6.45, 7) is 0. The van der Waals surface area contributed by atoms with Crippen LogP contribution in [0.5, 0.6) is 5.75 Å². The first kappa shape index (κ1) is 13.7. The van der Waals surface area contributed by atoms with Gasteiger partial charge in [0.05, 0.1) is 7.11 Å². The molecule has 4 nitrogen and oxygen atoms in total. The quantitative estimate of drug-likeness (QED) is 0.858. The van der Waals surface area contributed by atoms with E-state index >= 15 is 0 Å². The zero-order valence-corrected chi connectivity index (χ0v) is 10.0. The molecule has 2 atom stereocenters. The molecule has 0 heterocycles. The van der Waals surface area contributed by atoms with Crippen molar-refractivity contribution in [3.05, 3.63) is 29.8 Å². The Balaban J connectivity index is 2.12. The van der Waals surface area contributed by atoms with Gasteiger partial charge in [0, 0.05) is 5.92 Å². The lowest BCUT2D eigenvalue weighted by Crippen LogP contribution is -2.24. The largest absolute Gasteiger partial charge is 0.573 e. The van der Waals surface area contributed by atoms with Gasteiger partial charge >= 0.3 is 6.36 Å². The number of para-hydroxylation sites is 1. The van der Waals surface area contributed by atoms with E-state index in [0.29, 0.717) is 12.0 Å². The number of alkyl halides is 3. The van der Waals surface area contributed by atoms with Gasteiger partial charge in [-0.25, -0.2) is 5.48 Å². The normalized spacial score (nSPS) is 21.9. The minimum atomic E-state index is -4.74. The summed E-state index contributed by atoms with van der Waals surface area (Å²) in [7, 11) is 1.30. The second-order valence-corrected chi connectivity index (χ2v) is 4.20. The first-order valence-corrected chi connectivity index (χ1v) is 5.60. The zero-order chi connectivity index (χ0) is 14.0. The third-order valence-electron chi connectivity index (χ3n) is 2.87. The minimum Gasteiger partial charge on any atom is -0.405 e. The lowest BCUT2D eigenvalue weighted by atomic mass is 10.1. The zero-order valence-electron chi connectivity index (χ0n) is 10.0. The van der Waals surface area contributed by atoms with Crippen LogP contribution in [0.1, 0.15) is 17.9 Å². The molecule has 1 aromatic rings. The number of amides is 1. The van der Waals surface area contributed by atoms with Gasteiger partial charge in [0.15, 0.2) is 0 Å². The second kappa shape index (κ2) is 5.08. The summed E-state index contributed by atoms with van der Waals surface area (Å²) in [5, 5.41) is 0. The van der Waals surface area contributed by atoms with Crippen LogP contribution in [0.3, 0.4) is 0 Å². The van der Waals surface area contributed by atoms with Crippen molar-refractivity contribution in [2.75, 3.05) is 7.11 Å². The number of hydrogen-bond donors (Lipinski definition) is 1. The fourth-order valence-corrected chi connectivity index (χ4v) is 2.01. The number of hydrogen-bond acceptors (Lipinski definition) is 3. The number of carbonyl (C=O) groups excluding carboxylic acids is 1. The molecule has 1 N–H and O–H groups in total. The van der Waals surface area contributed by atoms with Crippen molar-refractivity contribution < 1.29 is 27.5 Å². The van der Waals surface area contributed by atoms with Crippen LogP contribution < -0.4 is 10.2 Å². The molecule has 104 valence electrons. The van der Waals surface area contributed by atoms with Gasteiger partial charge in [-0.2, -0.15) is 0 Å². The summed E-state index contributed by atoms with van der Waals surface area (Å²) in [5.74, 6) is -1.24. The highest BCUT2D eigenvalue weighted by Crippen LogP contribution is 2.50. The van der Waals surface area contributed by atoms with Crippen molar-refractivity contribution in [1.82, 2.24) is 5.48 Å². The molecule has 7 heteroatoms. The molecule has 2 rings (SSSR count). The molecule has 1 aromatic carbocycles. The SMILES string of the molecule is CONC(=O)[C@H]1C[C@@H]1c1ccccc1OC(F)(F)F. The molecule has 19 heavy (non-hydrogen) atoms. The summed E-state index contributed by atoms with van der Waals surface area (Å²) >= 11 is 0. The number of carbonyl (C=O) groups is 1. The van der Waals surface area contributed by atoms with E-state index in [1.54, 1.807) is 6.07 Å². The van der Waals surface area contributed by atoms with Crippen LogP contribution in [-0.4, -0.2) is 19.4 Å². The average Bonchev–Trinajstić information content (AvgIpc) is 3.08. The molecular weight excluding hydrogens is 263 g/mol. The maximum absolute atomic E-state index is 12.3. The molecule has 0 unspecified atom stereocenters. The van der Waals surface area contributed by atoms with E-state index in [4.69, 9.17) is 0 Å². The monoisotopic (exact) mass is 275 g/mol. The Morgan fingerprint density at radius 1 is 1.37 bits per heavy atom. The molecule has 1 saturated carbocycles. The summed E-state index contributed by atoms with van der Waals surface area (Å²) in [4.78, 5) is 16.0. The first-order chi connectivity index (χ1) is 8.92. The Morgan fingerprint density at radius 3 is 2.68 bits per heavy atom. The van der Waals surface area contributed by atoms with Gasteiger partial charge in [-0.15, -0.1) is 13.2 Å². The molecule has 1 aliphatic rings. The molecular formula is C12H12F3NO3. The predicted molar refractivity (Wildman–Crippen MR) is 59.1 cm³/mol. The van der Waals surface area contributed by atoms with Gasteiger partial charge in [-0.1, -0.05) is 18.2 Å². The lowest BCUT2D eigenvalue weighted by Gasteiger charge is -2.12. The Kier molecular flexibility index (Phi) is 3.66. The van der Waals surface area contributed by atoms with Crippen molar-refractivity contribution in [3.8, 4) is 5.75 Å². The number of halogens is 3. The fourth-order valence-electron chi connectivity index (χ4n) is 2.01. The van der Waals surface area contributed by atoms with Gasteiger partial charge in [0.2, 0.25) is 5.91 Å². The Morgan fingerprint density at radius 2 is 2.05 bits per heavy atom. The molecule has 0 aliphatic heterocycles. The van der Waals surface area contributed by atoms with E-state index in [0.717, 1.165) is 0 Å². The van der Waals surface area contributed by atoms with Gasteiger partial charge < -0.3 is 4.74 Å². The summed E-state index contributed by atoms with van der Waals surface area (Å²) in [6, 6.07) is 5.84. The van der Waals surface area contributed by atoms with E-state index in [2.05, 4.69) is 15.1 Å². The van der Waals surface area contributed by atoms with E-state index < -0.39 is 6.36 Å². The van der Waals surface area contributed by atoms with Crippen molar-refractivity contribution >= 4 is 5.91 Å². The molecule has 0 radical (unpaired) electrons. The van der Waals surface area contributed by atoms with Crippen LogP contribution in [0.15, 0.2) is 24.3 Å². The van der Waals surface area contributed by atoms with Gasteiger partial charge in [-0.05, 0) is 24.0 Å². The maximum atomic E-state index is 12.3. The predicted octanol–water partition coefficient (Wildman–Crippen LogP) is 2.37. The van der Waals surface area contributed by atoms with Crippen LogP contribution in [0.25, 0.3) is 0 Å². The molecule has 1 aliphatic carbocycles. The minimum absolute atomic E-state index is 0.257. The maximum Gasteiger partial charge on any atom is 0.573 e. The average molecular weight is 275 g/mol. The van der Waals surface area contributed by atoms with Gasteiger partial charge in [0.1, 0.15) is 5.75 Å². The van der Waals surface area contributed by atoms with Crippen LogP contribution in [0, 0.1) is 5.92 Å². The molecule has 1 fully saturated rings. The number of ether oxygens (including phenoxy) is 1. The van der Waals surface area contributed by atoms with Crippen molar-refractivity contribution in [1.29, 1.82) is 0 Å². The third-order valence-corrected chi connectivity index (χ3v) is 2.87. The number of nitrogens with one attached hydrogen (secondary N) is 1. The molecule has 1 amide bonds. The summed E-state index contributed by atoms with van der Waals surface area (Å²) in [6.07, 6.45) is -4.26. The molecule has 0 saturated heterocycles. The molecule has 0 spiro atoms.